The third-order valence-corrected chi connectivity index (χ3v) is 5.19. The predicted molar refractivity (Wildman–Crippen MR) is 109 cm³/mol. The number of nitro benzene ring substituents is 1. The molecule has 0 aliphatic carbocycles. The van der Waals surface area contributed by atoms with E-state index in [2.05, 4.69) is 0 Å². The first-order valence-electron chi connectivity index (χ1n) is 8.66. The highest BCUT2D eigenvalue weighted by Crippen LogP contribution is 2.43. The van der Waals surface area contributed by atoms with E-state index in [9.17, 15) is 29.6 Å². The van der Waals surface area contributed by atoms with Gasteiger partial charge < -0.3 is 9.84 Å². The lowest BCUT2D eigenvalue weighted by Crippen LogP contribution is -2.38. The van der Waals surface area contributed by atoms with Crippen molar-refractivity contribution in [3.8, 4) is 5.75 Å². The molecule has 2 amide bonds. The first kappa shape index (κ1) is 21.2. The summed E-state index contributed by atoms with van der Waals surface area (Å²) >= 11 is 1.09. The Kier molecular flexibility index (Phi) is 5.99. The minimum atomic E-state index is -0.699. The van der Waals surface area contributed by atoms with E-state index in [-0.39, 0.29) is 17.3 Å². The second-order valence-corrected chi connectivity index (χ2v) is 7.39. The second-order valence-electron chi connectivity index (χ2n) is 6.31. The molecule has 1 aliphatic heterocycles. The SMILES string of the molecule is CC(=O)Oc1ccc(C=C2Sc3cc(CO)ccc3N(C(C)=O)C2=O)cc1[N+](=O)[O-]. The number of thioether (sulfide) groups is 1. The van der Waals surface area contributed by atoms with Crippen LogP contribution in [0.1, 0.15) is 25.0 Å². The third-order valence-electron chi connectivity index (χ3n) is 4.13. The highest BCUT2D eigenvalue weighted by Gasteiger charge is 2.32. The number of rotatable bonds is 4. The molecule has 0 aromatic heterocycles. The van der Waals surface area contributed by atoms with Gasteiger partial charge in [-0.25, -0.2) is 4.90 Å². The molecule has 2 aromatic carbocycles. The molecule has 0 radical (unpaired) electrons. The lowest BCUT2D eigenvalue weighted by molar-refractivity contribution is -0.385. The van der Waals surface area contributed by atoms with E-state index < -0.39 is 28.4 Å². The Morgan fingerprint density at radius 1 is 1.23 bits per heavy atom. The molecule has 154 valence electrons. The van der Waals surface area contributed by atoms with Gasteiger partial charge in [0.15, 0.2) is 0 Å². The van der Waals surface area contributed by atoms with Crippen LogP contribution in [0, 0.1) is 10.1 Å². The number of fused-ring (bicyclic) bond motifs is 1. The fraction of sp³-hybridized carbons (Fsp3) is 0.150. The van der Waals surface area contributed by atoms with Gasteiger partial charge in [0, 0.05) is 24.8 Å². The number of esters is 1. The highest BCUT2D eigenvalue weighted by molar-refractivity contribution is 8.04. The molecule has 9 nitrogen and oxygen atoms in total. The van der Waals surface area contributed by atoms with E-state index in [1.165, 1.54) is 31.2 Å². The average Bonchev–Trinajstić information content (AvgIpc) is 2.68. The van der Waals surface area contributed by atoms with Crippen molar-refractivity contribution >= 4 is 47.0 Å². The third kappa shape index (κ3) is 4.24. The second kappa shape index (κ2) is 8.47. The van der Waals surface area contributed by atoms with Crippen LogP contribution in [0.2, 0.25) is 0 Å². The molecule has 2 aromatic rings. The monoisotopic (exact) mass is 428 g/mol. The molecule has 1 heterocycles. The smallest absolute Gasteiger partial charge is 0.312 e. The van der Waals surface area contributed by atoms with Gasteiger partial charge >= 0.3 is 11.7 Å². The van der Waals surface area contributed by atoms with E-state index in [0.717, 1.165) is 23.6 Å². The van der Waals surface area contributed by atoms with Gasteiger partial charge in [0.1, 0.15) is 0 Å². The van der Waals surface area contributed by atoms with Crippen molar-refractivity contribution < 1.29 is 29.2 Å². The molecule has 1 N–H and O–H groups in total. The van der Waals surface area contributed by atoms with Gasteiger partial charge in [-0.15, -0.1) is 0 Å². The zero-order chi connectivity index (χ0) is 22.0. The van der Waals surface area contributed by atoms with Gasteiger partial charge in [0.2, 0.25) is 11.7 Å². The molecule has 0 bridgehead atoms. The number of benzene rings is 2. The van der Waals surface area contributed by atoms with Crippen molar-refractivity contribution in [3.05, 3.63) is 62.5 Å². The van der Waals surface area contributed by atoms with Crippen LogP contribution in [0.25, 0.3) is 6.08 Å². The van der Waals surface area contributed by atoms with Crippen LogP contribution in [-0.4, -0.2) is 27.8 Å². The minimum Gasteiger partial charge on any atom is -0.419 e. The van der Waals surface area contributed by atoms with Crippen molar-refractivity contribution in [2.75, 3.05) is 4.90 Å². The van der Waals surface area contributed by atoms with Crippen molar-refractivity contribution in [1.82, 2.24) is 0 Å². The normalized spacial score (nSPS) is 14.4. The minimum absolute atomic E-state index is 0.169. The number of anilines is 1. The van der Waals surface area contributed by atoms with Crippen LogP contribution in [0.15, 0.2) is 46.2 Å². The molecule has 0 spiro atoms. The summed E-state index contributed by atoms with van der Waals surface area (Å²) in [7, 11) is 0. The number of hydrogen-bond donors (Lipinski definition) is 1. The number of carbonyl (C=O) groups is 3. The molecular formula is C20H16N2O7S. The van der Waals surface area contributed by atoms with Crippen LogP contribution in [-0.2, 0) is 21.0 Å². The number of ether oxygens (including phenoxy) is 1. The van der Waals surface area contributed by atoms with Crippen LogP contribution in [0.3, 0.4) is 0 Å². The number of hydrogen-bond acceptors (Lipinski definition) is 8. The molecule has 0 saturated carbocycles. The van der Waals surface area contributed by atoms with Crippen molar-refractivity contribution in [3.63, 3.8) is 0 Å². The standard InChI is InChI=1S/C20H16N2O7S/c1-11(24)21-15-5-3-14(10-23)9-18(15)30-19(20(21)26)8-13-4-6-17(29-12(2)25)16(7-13)22(27)28/h3-9,23H,10H2,1-2H3. The number of nitrogens with zero attached hydrogens (tertiary/aromatic N) is 2. The molecule has 0 saturated heterocycles. The summed E-state index contributed by atoms with van der Waals surface area (Å²) in [5, 5.41) is 20.7. The quantitative estimate of drug-likeness (QED) is 0.259. The summed E-state index contributed by atoms with van der Waals surface area (Å²) in [5.74, 6) is -1.96. The number of nitro groups is 1. The van der Waals surface area contributed by atoms with Gasteiger partial charge in [0.25, 0.3) is 5.91 Å². The van der Waals surface area contributed by atoms with Crippen LogP contribution < -0.4 is 9.64 Å². The van der Waals surface area contributed by atoms with E-state index in [1.54, 1.807) is 18.2 Å². The van der Waals surface area contributed by atoms with Crippen molar-refractivity contribution in [1.29, 1.82) is 0 Å². The van der Waals surface area contributed by atoms with Gasteiger partial charge in [-0.05, 0) is 35.4 Å². The largest absolute Gasteiger partial charge is 0.419 e. The summed E-state index contributed by atoms with van der Waals surface area (Å²) in [4.78, 5) is 48.5. The van der Waals surface area contributed by atoms with Crippen LogP contribution >= 0.6 is 11.8 Å². The van der Waals surface area contributed by atoms with Gasteiger partial charge in [-0.1, -0.05) is 23.9 Å². The van der Waals surface area contributed by atoms with E-state index in [1.807, 2.05) is 0 Å². The number of amides is 2. The summed E-state index contributed by atoms with van der Waals surface area (Å²) in [6.07, 6.45) is 1.42. The Labute approximate surface area is 175 Å². The number of imide groups is 1. The van der Waals surface area contributed by atoms with E-state index in [4.69, 9.17) is 4.74 Å². The van der Waals surface area contributed by atoms with E-state index >= 15 is 0 Å². The Morgan fingerprint density at radius 2 is 1.97 bits per heavy atom. The first-order valence-corrected chi connectivity index (χ1v) is 9.48. The Hall–Kier alpha value is -3.50. The zero-order valence-electron chi connectivity index (χ0n) is 15.9. The molecule has 10 heteroatoms. The number of carbonyl (C=O) groups excluding carboxylic acids is 3. The Balaban J connectivity index is 2.07. The molecule has 1 aliphatic rings. The van der Waals surface area contributed by atoms with Crippen LogP contribution in [0.4, 0.5) is 11.4 Å². The summed E-state index contributed by atoms with van der Waals surface area (Å²) in [6, 6.07) is 8.78. The summed E-state index contributed by atoms with van der Waals surface area (Å²) in [6.45, 7) is 2.18. The van der Waals surface area contributed by atoms with Crippen LogP contribution in [0.5, 0.6) is 5.75 Å². The van der Waals surface area contributed by atoms with Crippen molar-refractivity contribution in [2.45, 2.75) is 25.3 Å². The molecule has 30 heavy (non-hydrogen) atoms. The predicted octanol–water partition coefficient (Wildman–Crippen LogP) is 3.04. The first-order chi connectivity index (χ1) is 14.2. The molecule has 0 unspecified atom stereocenters. The fourth-order valence-electron chi connectivity index (χ4n) is 2.87. The average molecular weight is 428 g/mol. The maximum atomic E-state index is 12.9. The molecule has 0 atom stereocenters. The number of aliphatic hydroxyl groups excluding tert-OH is 1. The van der Waals surface area contributed by atoms with Crippen molar-refractivity contribution in [2.24, 2.45) is 0 Å². The Morgan fingerprint density at radius 3 is 2.57 bits per heavy atom. The Bertz CT molecular complexity index is 1110. The lowest BCUT2D eigenvalue weighted by Gasteiger charge is -2.28. The van der Waals surface area contributed by atoms with Gasteiger partial charge in [-0.2, -0.15) is 0 Å². The van der Waals surface area contributed by atoms with Gasteiger partial charge in [0.05, 0.1) is 22.1 Å². The maximum Gasteiger partial charge on any atom is 0.312 e. The zero-order valence-corrected chi connectivity index (χ0v) is 16.8. The lowest BCUT2D eigenvalue weighted by atomic mass is 10.1. The molecular weight excluding hydrogens is 412 g/mol. The fourth-order valence-corrected chi connectivity index (χ4v) is 3.95. The summed E-state index contributed by atoms with van der Waals surface area (Å²) in [5.41, 5.74) is 0.903. The van der Waals surface area contributed by atoms with Gasteiger partial charge in [-0.3, -0.25) is 24.5 Å². The summed E-state index contributed by atoms with van der Waals surface area (Å²) < 4.78 is 4.84. The topological polar surface area (TPSA) is 127 Å². The van der Waals surface area contributed by atoms with E-state index in [0.29, 0.717) is 21.7 Å². The molecule has 3 rings (SSSR count). The highest BCUT2D eigenvalue weighted by atomic mass is 32.2. The molecule has 0 fully saturated rings. The maximum absolute atomic E-state index is 12.9. The number of aliphatic hydroxyl groups is 1.